The quantitative estimate of drug-likeness (QED) is 0.708. The van der Waals surface area contributed by atoms with Crippen LogP contribution in [0.3, 0.4) is 0 Å². The van der Waals surface area contributed by atoms with Crippen molar-refractivity contribution < 1.29 is 4.74 Å². The van der Waals surface area contributed by atoms with Crippen LogP contribution in [-0.4, -0.2) is 7.11 Å². The Balaban J connectivity index is 2.36. The third kappa shape index (κ3) is 2.76. The highest BCUT2D eigenvalue weighted by Crippen LogP contribution is 2.23. The van der Waals surface area contributed by atoms with Crippen molar-refractivity contribution in [2.75, 3.05) is 7.11 Å². The number of methoxy groups -OCH3 is 1. The fraction of sp³-hybridized carbons (Fsp3) is 0.125. The Morgan fingerprint density at radius 3 is 2.29 bits per heavy atom. The third-order valence-electron chi connectivity index (χ3n) is 2.74. The second-order valence-electron chi connectivity index (χ2n) is 3.94. The molecule has 0 aliphatic rings. The molecule has 0 spiro atoms. The van der Waals surface area contributed by atoms with Crippen molar-refractivity contribution in [3.8, 4) is 5.75 Å². The molecule has 0 bridgehead atoms. The van der Waals surface area contributed by atoms with Crippen molar-refractivity contribution in [3.05, 3.63) is 65.7 Å². The van der Waals surface area contributed by atoms with Crippen LogP contribution in [0.25, 0.3) is 11.6 Å². The maximum Gasteiger partial charge on any atom is 0.126 e. The first kappa shape index (κ1) is 11.5. The number of rotatable bonds is 3. The molecule has 0 saturated heterocycles. The number of hydrogen-bond acceptors (Lipinski definition) is 1. The van der Waals surface area contributed by atoms with Crippen molar-refractivity contribution in [1.29, 1.82) is 0 Å². The average Bonchev–Trinajstić information content (AvgIpc) is 2.40. The van der Waals surface area contributed by atoms with Gasteiger partial charge in [-0.3, -0.25) is 0 Å². The van der Waals surface area contributed by atoms with Crippen LogP contribution in [-0.2, 0) is 0 Å². The summed E-state index contributed by atoms with van der Waals surface area (Å²) in [6.07, 6.45) is 2.15. The lowest BCUT2D eigenvalue weighted by Crippen LogP contribution is -1.86. The Labute approximate surface area is 102 Å². The predicted molar refractivity (Wildman–Crippen MR) is 73.0 cm³/mol. The molecule has 1 heteroatoms. The van der Waals surface area contributed by atoms with Crippen molar-refractivity contribution in [1.82, 2.24) is 0 Å². The van der Waals surface area contributed by atoms with E-state index in [4.69, 9.17) is 4.74 Å². The Kier molecular flexibility index (Phi) is 3.61. The van der Waals surface area contributed by atoms with Gasteiger partial charge in [0.05, 0.1) is 7.11 Å². The standard InChI is InChI=1S/C16H16O/c1-13(14-8-4-3-5-9-14)12-15-10-6-7-11-16(15)17-2/h3-12H,1-2H3/b13-12+. The molecule has 2 aromatic carbocycles. The van der Waals surface area contributed by atoms with Gasteiger partial charge in [0, 0.05) is 5.56 Å². The van der Waals surface area contributed by atoms with Gasteiger partial charge < -0.3 is 4.74 Å². The highest BCUT2D eigenvalue weighted by molar-refractivity contribution is 5.81. The first-order chi connectivity index (χ1) is 8.31. The molecular formula is C16H16O. The summed E-state index contributed by atoms with van der Waals surface area (Å²) in [6, 6.07) is 18.4. The SMILES string of the molecule is COc1ccccc1/C=C(\C)c1ccccc1. The summed E-state index contributed by atoms with van der Waals surface area (Å²) in [5.41, 5.74) is 3.57. The van der Waals surface area contributed by atoms with E-state index in [2.05, 4.69) is 43.3 Å². The van der Waals surface area contributed by atoms with Crippen molar-refractivity contribution in [2.45, 2.75) is 6.92 Å². The van der Waals surface area contributed by atoms with Gasteiger partial charge in [-0.2, -0.15) is 0 Å². The summed E-state index contributed by atoms with van der Waals surface area (Å²) < 4.78 is 5.34. The molecule has 0 N–H and O–H groups in total. The highest BCUT2D eigenvalue weighted by Gasteiger charge is 2.00. The lowest BCUT2D eigenvalue weighted by atomic mass is 10.0. The Morgan fingerprint density at radius 2 is 1.59 bits per heavy atom. The molecule has 0 heterocycles. The Morgan fingerprint density at radius 1 is 0.941 bits per heavy atom. The zero-order valence-corrected chi connectivity index (χ0v) is 10.2. The number of hydrogen-bond donors (Lipinski definition) is 0. The molecule has 86 valence electrons. The van der Waals surface area contributed by atoms with Crippen molar-refractivity contribution in [2.24, 2.45) is 0 Å². The first-order valence-corrected chi connectivity index (χ1v) is 5.68. The van der Waals surface area contributed by atoms with Crippen LogP contribution < -0.4 is 4.74 Å². The molecule has 0 radical (unpaired) electrons. The number of allylic oxidation sites excluding steroid dienone is 1. The second-order valence-corrected chi connectivity index (χ2v) is 3.94. The van der Waals surface area contributed by atoms with E-state index in [-0.39, 0.29) is 0 Å². The minimum absolute atomic E-state index is 0.905. The molecule has 1 nitrogen and oxygen atoms in total. The molecule has 2 aromatic rings. The van der Waals surface area contributed by atoms with Crippen LogP contribution in [0.15, 0.2) is 54.6 Å². The molecule has 0 amide bonds. The largest absolute Gasteiger partial charge is 0.496 e. The monoisotopic (exact) mass is 224 g/mol. The summed E-state index contributed by atoms with van der Waals surface area (Å²) in [7, 11) is 1.70. The van der Waals surface area contributed by atoms with Gasteiger partial charge in [-0.15, -0.1) is 0 Å². The van der Waals surface area contributed by atoms with Gasteiger partial charge in [0.25, 0.3) is 0 Å². The van der Waals surface area contributed by atoms with Gasteiger partial charge in [0.1, 0.15) is 5.75 Å². The van der Waals surface area contributed by atoms with Crippen LogP contribution in [0.5, 0.6) is 5.75 Å². The lowest BCUT2D eigenvalue weighted by molar-refractivity contribution is 0.414. The predicted octanol–water partition coefficient (Wildman–Crippen LogP) is 4.26. The highest BCUT2D eigenvalue weighted by atomic mass is 16.5. The van der Waals surface area contributed by atoms with Gasteiger partial charge in [-0.1, -0.05) is 48.5 Å². The minimum atomic E-state index is 0.905. The molecule has 0 atom stereocenters. The zero-order chi connectivity index (χ0) is 12.1. The van der Waals surface area contributed by atoms with Crippen molar-refractivity contribution in [3.63, 3.8) is 0 Å². The molecule has 17 heavy (non-hydrogen) atoms. The molecule has 0 unspecified atom stereocenters. The number of para-hydroxylation sites is 1. The minimum Gasteiger partial charge on any atom is -0.496 e. The van der Waals surface area contributed by atoms with E-state index in [1.165, 1.54) is 11.1 Å². The molecule has 2 rings (SSSR count). The zero-order valence-electron chi connectivity index (χ0n) is 10.2. The summed E-state index contributed by atoms with van der Waals surface area (Å²) in [5, 5.41) is 0. The fourth-order valence-corrected chi connectivity index (χ4v) is 1.80. The molecule has 0 fully saturated rings. The van der Waals surface area contributed by atoms with Crippen LogP contribution in [0.2, 0.25) is 0 Å². The average molecular weight is 224 g/mol. The summed E-state index contributed by atoms with van der Waals surface area (Å²) >= 11 is 0. The second kappa shape index (κ2) is 5.35. The third-order valence-corrected chi connectivity index (χ3v) is 2.74. The summed E-state index contributed by atoms with van der Waals surface area (Å²) in [4.78, 5) is 0. The Bertz CT molecular complexity index is 512. The van der Waals surface area contributed by atoms with Crippen molar-refractivity contribution >= 4 is 11.6 Å². The van der Waals surface area contributed by atoms with Gasteiger partial charge >= 0.3 is 0 Å². The van der Waals surface area contributed by atoms with Gasteiger partial charge in [-0.25, -0.2) is 0 Å². The number of ether oxygens (including phenoxy) is 1. The van der Waals surface area contributed by atoms with E-state index in [0.717, 1.165) is 11.3 Å². The van der Waals surface area contributed by atoms with Crippen LogP contribution in [0, 0.1) is 0 Å². The summed E-state index contributed by atoms with van der Waals surface area (Å²) in [5.74, 6) is 0.905. The fourth-order valence-electron chi connectivity index (χ4n) is 1.80. The molecular weight excluding hydrogens is 208 g/mol. The van der Waals surface area contributed by atoms with Gasteiger partial charge in [-0.05, 0) is 30.2 Å². The Hall–Kier alpha value is -2.02. The maximum absolute atomic E-state index is 5.34. The van der Waals surface area contributed by atoms with E-state index < -0.39 is 0 Å². The molecule has 0 saturated carbocycles. The van der Waals surface area contributed by atoms with Crippen LogP contribution in [0.1, 0.15) is 18.1 Å². The smallest absolute Gasteiger partial charge is 0.126 e. The van der Waals surface area contributed by atoms with E-state index in [1.807, 2.05) is 24.3 Å². The van der Waals surface area contributed by atoms with E-state index in [9.17, 15) is 0 Å². The van der Waals surface area contributed by atoms with E-state index in [1.54, 1.807) is 7.11 Å². The first-order valence-electron chi connectivity index (χ1n) is 5.68. The summed E-state index contributed by atoms with van der Waals surface area (Å²) in [6.45, 7) is 2.11. The molecule has 0 aromatic heterocycles. The lowest BCUT2D eigenvalue weighted by Gasteiger charge is -2.06. The number of benzene rings is 2. The molecule has 0 aliphatic heterocycles. The topological polar surface area (TPSA) is 9.23 Å². The van der Waals surface area contributed by atoms with Crippen LogP contribution in [0.4, 0.5) is 0 Å². The van der Waals surface area contributed by atoms with E-state index >= 15 is 0 Å². The maximum atomic E-state index is 5.34. The van der Waals surface area contributed by atoms with Crippen LogP contribution >= 0.6 is 0 Å². The van der Waals surface area contributed by atoms with Gasteiger partial charge in [0.2, 0.25) is 0 Å². The molecule has 0 aliphatic carbocycles. The van der Waals surface area contributed by atoms with E-state index in [0.29, 0.717) is 0 Å². The van der Waals surface area contributed by atoms with Gasteiger partial charge in [0.15, 0.2) is 0 Å². The normalized spacial score (nSPS) is 11.3.